The predicted octanol–water partition coefficient (Wildman–Crippen LogP) is 2.78. The lowest BCUT2D eigenvalue weighted by Crippen LogP contribution is -2.01. The molecule has 2 rings (SSSR count). The highest BCUT2D eigenvalue weighted by molar-refractivity contribution is 7.89. The summed E-state index contributed by atoms with van der Waals surface area (Å²) in [5.41, 5.74) is 6.62. The van der Waals surface area contributed by atoms with Gasteiger partial charge in [-0.05, 0) is 12.1 Å². The molecule has 1 aromatic carbocycles. The molecule has 0 saturated heterocycles. The fourth-order valence-electron chi connectivity index (χ4n) is 1.66. The summed E-state index contributed by atoms with van der Waals surface area (Å²) in [6.45, 7) is 0. The molecule has 0 amide bonds. The molecule has 0 aliphatic rings. The SMILES string of the molecule is CS(=O)(=O)Cc1onc(N)c1-c1ccc(Cl)cc1Cl. The average molecular weight is 321 g/mol. The zero-order chi connectivity index (χ0) is 14.2. The van der Waals surface area contributed by atoms with E-state index < -0.39 is 9.84 Å². The minimum Gasteiger partial charge on any atom is -0.380 e. The van der Waals surface area contributed by atoms with Crippen LogP contribution in [0.25, 0.3) is 11.1 Å². The number of hydrogen-bond acceptors (Lipinski definition) is 5. The van der Waals surface area contributed by atoms with E-state index in [0.29, 0.717) is 21.2 Å². The van der Waals surface area contributed by atoms with Gasteiger partial charge in [-0.15, -0.1) is 0 Å². The monoisotopic (exact) mass is 320 g/mol. The van der Waals surface area contributed by atoms with E-state index in [0.717, 1.165) is 6.26 Å². The van der Waals surface area contributed by atoms with Gasteiger partial charge in [-0.2, -0.15) is 0 Å². The number of benzene rings is 1. The molecule has 0 unspecified atom stereocenters. The van der Waals surface area contributed by atoms with Gasteiger partial charge in [0.2, 0.25) is 0 Å². The van der Waals surface area contributed by atoms with Crippen molar-refractivity contribution in [2.45, 2.75) is 5.75 Å². The maximum absolute atomic E-state index is 11.3. The van der Waals surface area contributed by atoms with Crippen molar-refractivity contribution in [3.63, 3.8) is 0 Å². The van der Waals surface area contributed by atoms with Crippen LogP contribution in [0.5, 0.6) is 0 Å². The first-order chi connectivity index (χ1) is 8.78. The lowest BCUT2D eigenvalue weighted by molar-refractivity contribution is 0.396. The van der Waals surface area contributed by atoms with Gasteiger partial charge < -0.3 is 10.3 Å². The molecule has 2 N–H and O–H groups in total. The van der Waals surface area contributed by atoms with Gasteiger partial charge in [0, 0.05) is 16.8 Å². The lowest BCUT2D eigenvalue weighted by Gasteiger charge is -2.05. The molecule has 0 spiro atoms. The first-order valence-corrected chi connectivity index (χ1v) is 7.97. The highest BCUT2D eigenvalue weighted by Gasteiger charge is 2.21. The molecular weight excluding hydrogens is 311 g/mol. The summed E-state index contributed by atoms with van der Waals surface area (Å²) in [7, 11) is -3.27. The quantitative estimate of drug-likeness (QED) is 0.939. The van der Waals surface area contributed by atoms with Gasteiger partial charge in [0.05, 0.1) is 10.6 Å². The standard InChI is InChI=1S/C11H10Cl2N2O3S/c1-19(16,17)5-9-10(11(14)15-18-9)7-3-2-6(12)4-8(7)13/h2-4H,5H2,1H3,(H2,14,15). The summed E-state index contributed by atoms with van der Waals surface area (Å²) < 4.78 is 27.7. The Balaban J connectivity index is 2.58. The fraction of sp³-hybridized carbons (Fsp3) is 0.182. The Morgan fingerprint density at radius 3 is 2.63 bits per heavy atom. The van der Waals surface area contributed by atoms with E-state index in [1.807, 2.05) is 0 Å². The molecule has 0 fully saturated rings. The Morgan fingerprint density at radius 1 is 1.37 bits per heavy atom. The molecule has 0 aliphatic carbocycles. The second-order valence-corrected chi connectivity index (χ2v) is 7.04. The van der Waals surface area contributed by atoms with Gasteiger partial charge in [0.15, 0.2) is 21.4 Å². The average Bonchev–Trinajstić information content (AvgIpc) is 2.58. The van der Waals surface area contributed by atoms with Crippen LogP contribution in [0.2, 0.25) is 10.0 Å². The van der Waals surface area contributed by atoms with Crippen LogP contribution >= 0.6 is 23.2 Å². The van der Waals surface area contributed by atoms with Crippen LogP contribution in [0.3, 0.4) is 0 Å². The Labute approximate surface area is 120 Å². The molecule has 2 aromatic rings. The van der Waals surface area contributed by atoms with Crippen LogP contribution in [0.1, 0.15) is 5.76 Å². The van der Waals surface area contributed by atoms with Gasteiger partial charge >= 0.3 is 0 Å². The van der Waals surface area contributed by atoms with E-state index in [4.69, 9.17) is 33.5 Å². The number of hydrogen-bond donors (Lipinski definition) is 1. The Hall–Kier alpha value is -1.24. The first kappa shape index (κ1) is 14.2. The summed E-state index contributed by atoms with van der Waals surface area (Å²) >= 11 is 11.9. The molecule has 0 bridgehead atoms. The number of aromatic nitrogens is 1. The lowest BCUT2D eigenvalue weighted by atomic mass is 10.1. The summed E-state index contributed by atoms with van der Waals surface area (Å²) in [5, 5.41) is 4.40. The van der Waals surface area contributed by atoms with Crippen molar-refractivity contribution in [1.29, 1.82) is 0 Å². The van der Waals surface area contributed by atoms with Crippen LogP contribution in [-0.2, 0) is 15.6 Å². The number of sulfone groups is 1. The molecule has 1 aromatic heterocycles. The number of rotatable bonds is 3. The molecule has 5 nitrogen and oxygen atoms in total. The van der Waals surface area contributed by atoms with Crippen molar-refractivity contribution in [3.8, 4) is 11.1 Å². The number of nitrogens with two attached hydrogens (primary N) is 1. The summed E-state index contributed by atoms with van der Waals surface area (Å²) in [6.07, 6.45) is 1.10. The van der Waals surface area contributed by atoms with Crippen molar-refractivity contribution in [2.75, 3.05) is 12.0 Å². The topological polar surface area (TPSA) is 86.2 Å². The van der Waals surface area contributed by atoms with Crippen LogP contribution in [-0.4, -0.2) is 19.8 Å². The van der Waals surface area contributed by atoms with Gasteiger partial charge in [-0.3, -0.25) is 0 Å². The first-order valence-electron chi connectivity index (χ1n) is 5.15. The molecule has 0 radical (unpaired) electrons. The number of anilines is 1. The normalized spacial score (nSPS) is 11.7. The van der Waals surface area contributed by atoms with E-state index in [1.54, 1.807) is 12.1 Å². The molecular formula is C11H10Cl2N2O3S. The zero-order valence-electron chi connectivity index (χ0n) is 9.85. The van der Waals surface area contributed by atoms with E-state index >= 15 is 0 Å². The maximum Gasteiger partial charge on any atom is 0.175 e. The van der Waals surface area contributed by atoms with E-state index in [1.165, 1.54) is 6.07 Å². The van der Waals surface area contributed by atoms with Crippen molar-refractivity contribution < 1.29 is 12.9 Å². The van der Waals surface area contributed by atoms with Gasteiger partial charge in [0.1, 0.15) is 5.75 Å². The summed E-state index contributed by atoms with van der Waals surface area (Å²) in [4.78, 5) is 0. The Morgan fingerprint density at radius 2 is 2.05 bits per heavy atom. The third kappa shape index (κ3) is 3.20. The number of halogens is 2. The molecule has 0 atom stereocenters. The van der Waals surface area contributed by atoms with Crippen LogP contribution in [0.15, 0.2) is 22.7 Å². The second-order valence-electron chi connectivity index (χ2n) is 4.06. The highest BCUT2D eigenvalue weighted by atomic mass is 35.5. The maximum atomic E-state index is 11.3. The number of nitrogen functional groups attached to an aromatic ring is 1. The third-order valence-electron chi connectivity index (χ3n) is 2.38. The second kappa shape index (κ2) is 5.03. The predicted molar refractivity (Wildman–Crippen MR) is 74.9 cm³/mol. The van der Waals surface area contributed by atoms with Crippen molar-refractivity contribution in [3.05, 3.63) is 34.0 Å². The third-order valence-corrected chi connectivity index (χ3v) is 3.72. The molecule has 102 valence electrons. The van der Waals surface area contributed by atoms with Gasteiger partial charge in [-0.1, -0.05) is 34.4 Å². The highest BCUT2D eigenvalue weighted by Crippen LogP contribution is 2.36. The van der Waals surface area contributed by atoms with Crippen LogP contribution in [0, 0.1) is 0 Å². The Kier molecular flexibility index (Phi) is 3.75. The minimum atomic E-state index is -3.27. The largest absolute Gasteiger partial charge is 0.380 e. The van der Waals surface area contributed by atoms with E-state index in [2.05, 4.69) is 5.16 Å². The van der Waals surface area contributed by atoms with Crippen molar-refractivity contribution in [2.24, 2.45) is 0 Å². The van der Waals surface area contributed by atoms with Crippen molar-refractivity contribution in [1.82, 2.24) is 5.16 Å². The Bertz CT molecular complexity index is 726. The zero-order valence-corrected chi connectivity index (χ0v) is 12.2. The van der Waals surface area contributed by atoms with Gasteiger partial charge in [-0.25, -0.2) is 8.42 Å². The van der Waals surface area contributed by atoms with Gasteiger partial charge in [0.25, 0.3) is 0 Å². The molecule has 1 heterocycles. The molecule has 0 saturated carbocycles. The summed E-state index contributed by atoms with van der Waals surface area (Å²) in [6, 6.07) is 4.80. The molecule has 8 heteroatoms. The van der Waals surface area contributed by atoms with E-state index in [-0.39, 0.29) is 17.3 Å². The molecule has 19 heavy (non-hydrogen) atoms. The van der Waals surface area contributed by atoms with Crippen LogP contribution in [0.4, 0.5) is 5.82 Å². The smallest absolute Gasteiger partial charge is 0.175 e. The summed E-state index contributed by atoms with van der Waals surface area (Å²) in [5.74, 6) is -0.0574. The minimum absolute atomic E-state index is 0.0860. The van der Waals surface area contributed by atoms with E-state index in [9.17, 15) is 8.42 Å². The van der Waals surface area contributed by atoms with Crippen molar-refractivity contribution >= 4 is 38.9 Å². The molecule has 0 aliphatic heterocycles. The van der Waals surface area contributed by atoms with Crippen LogP contribution < -0.4 is 5.73 Å². The number of nitrogens with zero attached hydrogens (tertiary/aromatic N) is 1. The fourth-order valence-corrected chi connectivity index (χ4v) is 2.83.